The summed E-state index contributed by atoms with van der Waals surface area (Å²) < 4.78 is 0. The predicted molar refractivity (Wildman–Crippen MR) is 67.5 cm³/mol. The van der Waals surface area contributed by atoms with E-state index in [-0.39, 0.29) is 12.3 Å². The zero-order valence-corrected chi connectivity index (χ0v) is 10.5. The monoisotopic (exact) mass is 258 g/mol. The van der Waals surface area contributed by atoms with Gasteiger partial charge < -0.3 is 10.4 Å². The number of hydrogen-bond donors (Lipinski definition) is 2. The van der Waals surface area contributed by atoms with E-state index >= 15 is 0 Å². The van der Waals surface area contributed by atoms with Crippen LogP contribution in [0, 0.1) is 10.1 Å². The van der Waals surface area contributed by atoms with E-state index in [9.17, 15) is 10.1 Å². The van der Waals surface area contributed by atoms with Crippen molar-refractivity contribution < 1.29 is 10.0 Å². The first-order valence-electron chi connectivity index (χ1n) is 5.19. The summed E-state index contributed by atoms with van der Waals surface area (Å²) in [6.07, 6.45) is 0.493. The molecule has 0 aliphatic heterocycles. The molecule has 0 unspecified atom stereocenters. The number of benzene rings is 1. The van der Waals surface area contributed by atoms with Gasteiger partial charge in [-0.05, 0) is 32.4 Å². The van der Waals surface area contributed by atoms with Crippen molar-refractivity contribution in [3.63, 3.8) is 0 Å². The average molecular weight is 259 g/mol. The summed E-state index contributed by atoms with van der Waals surface area (Å²) in [5.41, 5.74) is -0.0887. The molecule has 5 nitrogen and oxygen atoms in total. The van der Waals surface area contributed by atoms with Crippen molar-refractivity contribution in [2.45, 2.75) is 25.8 Å². The molecule has 0 saturated heterocycles. The highest BCUT2D eigenvalue weighted by Gasteiger charge is 2.22. The lowest BCUT2D eigenvalue weighted by Crippen LogP contribution is -2.32. The largest absolute Gasteiger partial charge is 0.396 e. The summed E-state index contributed by atoms with van der Waals surface area (Å²) >= 11 is 5.72. The van der Waals surface area contributed by atoms with Crippen LogP contribution in [0.3, 0.4) is 0 Å². The van der Waals surface area contributed by atoms with Gasteiger partial charge in [0.15, 0.2) is 0 Å². The Morgan fingerprint density at radius 3 is 2.71 bits per heavy atom. The third kappa shape index (κ3) is 3.87. The Morgan fingerprint density at radius 2 is 2.18 bits per heavy atom. The van der Waals surface area contributed by atoms with Crippen LogP contribution in [0.25, 0.3) is 0 Å². The van der Waals surface area contributed by atoms with E-state index in [1.807, 2.05) is 13.8 Å². The number of nitrogens with zero attached hydrogens (tertiary/aromatic N) is 1. The third-order valence-corrected chi connectivity index (χ3v) is 2.60. The van der Waals surface area contributed by atoms with E-state index in [1.165, 1.54) is 6.07 Å². The number of halogens is 1. The molecule has 1 aromatic rings. The Kier molecular flexibility index (Phi) is 4.31. The van der Waals surface area contributed by atoms with E-state index in [2.05, 4.69) is 5.32 Å². The van der Waals surface area contributed by atoms with Crippen molar-refractivity contribution in [3.05, 3.63) is 33.3 Å². The number of anilines is 1. The molecule has 6 heteroatoms. The van der Waals surface area contributed by atoms with E-state index in [0.717, 1.165) is 0 Å². The Morgan fingerprint density at radius 1 is 1.53 bits per heavy atom. The molecule has 0 bridgehead atoms. The minimum atomic E-state index is -0.483. The summed E-state index contributed by atoms with van der Waals surface area (Å²) in [5, 5.41) is 23.1. The van der Waals surface area contributed by atoms with Gasteiger partial charge in [-0.3, -0.25) is 10.1 Å². The Hall–Kier alpha value is -1.33. The lowest BCUT2D eigenvalue weighted by atomic mass is 10.0. The van der Waals surface area contributed by atoms with Crippen LogP contribution < -0.4 is 5.32 Å². The van der Waals surface area contributed by atoms with Gasteiger partial charge in [0.2, 0.25) is 0 Å². The standard InChI is InChI=1S/C11H15ClN2O3/c1-11(2,5-6-15)13-9-4-3-8(12)7-10(9)14(16)17/h3-4,7,13,15H,5-6H2,1-2H3. The smallest absolute Gasteiger partial charge is 0.293 e. The number of hydrogen-bond acceptors (Lipinski definition) is 4. The molecule has 0 aromatic heterocycles. The van der Waals surface area contributed by atoms with Crippen LogP contribution in [-0.2, 0) is 0 Å². The summed E-state index contributed by atoms with van der Waals surface area (Å²) in [6.45, 7) is 3.74. The van der Waals surface area contributed by atoms with Crippen molar-refractivity contribution in [2.75, 3.05) is 11.9 Å². The fourth-order valence-corrected chi connectivity index (χ4v) is 1.63. The van der Waals surface area contributed by atoms with Crippen molar-refractivity contribution in [3.8, 4) is 0 Å². The van der Waals surface area contributed by atoms with Gasteiger partial charge in [-0.15, -0.1) is 0 Å². The van der Waals surface area contributed by atoms with Crippen molar-refractivity contribution in [1.29, 1.82) is 0 Å². The molecule has 17 heavy (non-hydrogen) atoms. The maximum Gasteiger partial charge on any atom is 0.293 e. The molecular weight excluding hydrogens is 244 g/mol. The highest BCUT2D eigenvalue weighted by molar-refractivity contribution is 6.30. The predicted octanol–water partition coefficient (Wildman–Crippen LogP) is 2.82. The van der Waals surface area contributed by atoms with Crippen LogP contribution in [-0.4, -0.2) is 22.2 Å². The molecule has 0 atom stereocenters. The summed E-state index contributed by atoms with van der Waals surface area (Å²) in [5.74, 6) is 0. The number of aliphatic hydroxyl groups is 1. The van der Waals surface area contributed by atoms with Gasteiger partial charge in [-0.1, -0.05) is 11.6 Å². The molecule has 2 N–H and O–H groups in total. The molecule has 1 aromatic carbocycles. The van der Waals surface area contributed by atoms with Gasteiger partial charge in [-0.25, -0.2) is 0 Å². The second-order valence-electron chi connectivity index (χ2n) is 4.40. The van der Waals surface area contributed by atoms with Crippen LogP contribution in [0.15, 0.2) is 18.2 Å². The fourth-order valence-electron chi connectivity index (χ4n) is 1.47. The summed E-state index contributed by atoms with van der Waals surface area (Å²) in [7, 11) is 0. The molecule has 1 rings (SSSR count). The molecule has 0 amide bonds. The number of rotatable bonds is 5. The van der Waals surface area contributed by atoms with Crippen molar-refractivity contribution >= 4 is 23.0 Å². The molecule has 0 aliphatic rings. The molecule has 0 aliphatic carbocycles. The van der Waals surface area contributed by atoms with Gasteiger partial charge in [-0.2, -0.15) is 0 Å². The van der Waals surface area contributed by atoms with E-state index in [4.69, 9.17) is 16.7 Å². The van der Waals surface area contributed by atoms with Crippen molar-refractivity contribution in [2.24, 2.45) is 0 Å². The number of nitro groups is 1. The number of aliphatic hydroxyl groups excluding tert-OH is 1. The lowest BCUT2D eigenvalue weighted by Gasteiger charge is -2.26. The van der Waals surface area contributed by atoms with Gasteiger partial charge in [0.25, 0.3) is 5.69 Å². The van der Waals surface area contributed by atoms with E-state index in [1.54, 1.807) is 12.1 Å². The van der Waals surface area contributed by atoms with Crippen molar-refractivity contribution in [1.82, 2.24) is 0 Å². The van der Waals surface area contributed by atoms with E-state index in [0.29, 0.717) is 17.1 Å². The topological polar surface area (TPSA) is 75.4 Å². The maximum atomic E-state index is 10.9. The minimum Gasteiger partial charge on any atom is -0.396 e. The zero-order valence-electron chi connectivity index (χ0n) is 9.74. The molecular formula is C11H15ClN2O3. The normalized spacial score (nSPS) is 11.3. The second-order valence-corrected chi connectivity index (χ2v) is 4.84. The number of nitro benzene ring substituents is 1. The van der Waals surface area contributed by atoms with Gasteiger partial charge in [0.1, 0.15) is 5.69 Å². The molecule has 0 fully saturated rings. The van der Waals surface area contributed by atoms with E-state index < -0.39 is 10.5 Å². The Labute approximate surface area is 105 Å². The molecule has 94 valence electrons. The highest BCUT2D eigenvalue weighted by Crippen LogP contribution is 2.30. The fraction of sp³-hybridized carbons (Fsp3) is 0.455. The average Bonchev–Trinajstić information content (AvgIpc) is 2.20. The highest BCUT2D eigenvalue weighted by atomic mass is 35.5. The first-order chi connectivity index (χ1) is 7.85. The summed E-state index contributed by atoms with van der Waals surface area (Å²) in [6, 6.07) is 4.46. The molecule has 0 saturated carbocycles. The van der Waals surface area contributed by atoms with Crippen LogP contribution in [0.4, 0.5) is 11.4 Å². The summed E-state index contributed by atoms with van der Waals surface area (Å²) in [4.78, 5) is 10.4. The van der Waals surface area contributed by atoms with Crippen LogP contribution in [0.1, 0.15) is 20.3 Å². The Bertz CT molecular complexity index is 421. The minimum absolute atomic E-state index is 0.0153. The Balaban J connectivity index is 3.02. The quantitative estimate of drug-likeness (QED) is 0.629. The molecule has 0 heterocycles. The molecule has 0 spiro atoms. The number of nitrogens with one attached hydrogen (secondary N) is 1. The third-order valence-electron chi connectivity index (χ3n) is 2.37. The first kappa shape index (κ1) is 13.7. The van der Waals surface area contributed by atoms with Gasteiger partial charge in [0.05, 0.1) is 4.92 Å². The van der Waals surface area contributed by atoms with Crippen LogP contribution >= 0.6 is 11.6 Å². The van der Waals surface area contributed by atoms with Gasteiger partial charge in [0, 0.05) is 23.2 Å². The van der Waals surface area contributed by atoms with Crippen LogP contribution in [0.2, 0.25) is 5.02 Å². The SMILES string of the molecule is CC(C)(CCO)Nc1ccc(Cl)cc1[N+](=O)[O-]. The van der Waals surface area contributed by atoms with Gasteiger partial charge >= 0.3 is 0 Å². The van der Waals surface area contributed by atoms with Crippen LogP contribution in [0.5, 0.6) is 0 Å². The maximum absolute atomic E-state index is 10.9. The lowest BCUT2D eigenvalue weighted by molar-refractivity contribution is -0.384. The molecule has 0 radical (unpaired) electrons. The zero-order chi connectivity index (χ0) is 13.1. The second kappa shape index (κ2) is 5.33. The first-order valence-corrected chi connectivity index (χ1v) is 5.56.